The number of aliphatic hydroxyl groups excluding tert-OH is 2. The van der Waals surface area contributed by atoms with Crippen LogP contribution in [-0.4, -0.2) is 41.6 Å². The van der Waals surface area contributed by atoms with E-state index in [9.17, 15) is 33.0 Å². The van der Waals surface area contributed by atoms with Crippen molar-refractivity contribution >= 4 is 12.4 Å². The fourth-order valence-corrected chi connectivity index (χ4v) is 2.37. The van der Waals surface area contributed by atoms with Crippen LogP contribution in [0.5, 0.6) is 5.75 Å². The minimum atomic E-state index is -4.99. The first-order chi connectivity index (χ1) is 13.7. The Balaban J connectivity index is 1.94. The van der Waals surface area contributed by atoms with Gasteiger partial charge in [0.05, 0.1) is 0 Å². The van der Waals surface area contributed by atoms with Gasteiger partial charge in [-0.2, -0.15) is 0 Å². The Morgan fingerprint density at radius 3 is 2.45 bits per heavy atom. The molecule has 7 nitrogen and oxygen atoms in total. The van der Waals surface area contributed by atoms with Crippen molar-refractivity contribution in [1.82, 2.24) is 5.32 Å². The van der Waals surface area contributed by atoms with Crippen LogP contribution in [0.1, 0.15) is 27.6 Å². The van der Waals surface area contributed by atoms with Crippen molar-refractivity contribution < 1.29 is 42.4 Å². The van der Waals surface area contributed by atoms with E-state index in [1.165, 1.54) is 0 Å². The highest BCUT2D eigenvalue weighted by molar-refractivity contribution is 5.76. The number of carbonyl (C=O) groups is 2. The topological polar surface area (TPSA) is 105 Å². The monoisotopic (exact) mass is 413 g/mol. The van der Waals surface area contributed by atoms with Crippen LogP contribution >= 0.6 is 0 Å². The van der Waals surface area contributed by atoms with E-state index >= 15 is 0 Å². The zero-order valence-corrected chi connectivity index (χ0v) is 14.9. The van der Waals surface area contributed by atoms with Gasteiger partial charge in [0, 0.05) is 12.1 Å². The maximum absolute atomic E-state index is 12.4. The second-order valence-corrected chi connectivity index (χ2v) is 5.96. The lowest BCUT2D eigenvalue weighted by Gasteiger charge is -2.20. The van der Waals surface area contributed by atoms with Gasteiger partial charge in [-0.25, -0.2) is 4.79 Å². The molecule has 1 amide bonds. The van der Waals surface area contributed by atoms with Gasteiger partial charge in [-0.15, -0.1) is 13.2 Å². The van der Waals surface area contributed by atoms with Crippen LogP contribution < -0.4 is 10.1 Å². The number of rotatable bonds is 8. The van der Waals surface area contributed by atoms with Gasteiger partial charge in [0.1, 0.15) is 30.9 Å². The summed E-state index contributed by atoms with van der Waals surface area (Å²) in [4.78, 5) is 22.6. The van der Waals surface area contributed by atoms with Crippen LogP contribution in [-0.2, 0) is 11.3 Å². The second-order valence-electron chi connectivity index (χ2n) is 5.96. The van der Waals surface area contributed by atoms with E-state index in [-0.39, 0.29) is 24.0 Å². The quantitative estimate of drug-likeness (QED) is 0.575. The minimum absolute atomic E-state index is 0.00908. The van der Waals surface area contributed by atoms with Crippen LogP contribution in [0.2, 0.25) is 0 Å². The summed E-state index contributed by atoms with van der Waals surface area (Å²) in [7, 11) is 0. The molecule has 29 heavy (non-hydrogen) atoms. The van der Waals surface area contributed by atoms with Crippen molar-refractivity contribution in [2.75, 3.05) is 6.54 Å². The molecule has 10 heteroatoms. The standard InChI is InChI=1S/C19H18F3NO6/c20-19(21,22)29-15-7-13(10-24)6-14(8-15)17(26)16(25)9-23-18(27)28-11-12-4-2-1-3-5-12/h1-8,10,16-17,25-26H,9,11H2,(H,23,27). The molecule has 0 aliphatic heterocycles. The summed E-state index contributed by atoms with van der Waals surface area (Å²) >= 11 is 0. The third-order valence-corrected chi connectivity index (χ3v) is 3.70. The van der Waals surface area contributed by atoms with Crippen LogP contribution in [0.15, 0.2) is 48.5 Å². The van der Waals surface area contributed by atoms with Crippen molar-refractivity contribution in [3.63, 3.8) is 0 Å². The lowest BCUT2D eigenvalue weighted by Crippen LogP contribution is -2.35. The molecule has 0 aliphatic carbocycles. The van der Waals surface area contributed by atoms with E-state index in [0.29, 0.717) is 0 Å². The van der Waals surface area contributed by atoms with E-state index in [4.69, 9.17) is 4.74 Å². The van der Waals surface area contributed by atoms with Gasteiger partial charge in [0.25, 0.3) is 0 Å². The molecule has 156 valence electrons. The highest BCUT2D eigenvalue weighted by Gasteiger charge is 2.32. The van der Waals surface area contributed by atoms with Crippen molar-refractivity contribution in [2.24, 2.45) is 0 Å². The molecule has 3 N–H and O–H groups in total. The fourth-order valence-electron chi connectivity index (χ4n) is 2.37. The Morgan fingerprint density at radius 1 is 1.14 bits per heavy atom. The molecular formula is C19H18F3NO6. The van der Waals surface area contributed by atoms with Gasteiger partial charge in [-0.05, 0) is 29.3 Å². The van der Waals surface area contributed by atoms with E-state index in [0.717, 1.165) is 23.8 Å². The maximum atomic E-state index is 12.4. The second kappa shape index (κ2) is 9.89. The van der Waals surface area contributed by atoms with E-state index in [2.05, 4.69) is 10.1 Å². The highest BCUT2D eigenvalue weighted by Crippen LogP contribution is 2.28. The van der Waals surface area contributed by atoms with Gasteiger partial charge in [-0.3, -0.25) is 4.79 Å². The summed E-state index contributed by atoms with van der Waals surface area (Å²) in [5.74, 6) is -0.724. The number of hydrogen-bond acceptors (Lipinski definition) is 6. The molecule has 2 aromatic carbocycles. The number of benzene rings is 2. The van der Waals surface area contributed by atoms with Gasteiger partial charge < -0.3 is 25.0 Å². The summed E-state index contributed by atoms with van der Waals surface area (Å²) in [6.07, 6.45) is -8.86. The third kappa shape index (κ3) is 7.43. The Kier molecular flexibility index (Phi) is 7.57. The van der Waals surface area contributed by atoms with E-state index in [1.807, 2.05) is 0 Å². The molecule has 0 spiro atoms. The number of halogens is 3. The normalized spacial score (nSPS) is 13.3. The molecule has 0 fully saturated rings. The molecule has 0 saturated carbocycles. The SMILES string of the molecule is O=Cc1cc(OC(F)(F)F)cc(C(O)C(O)CNC(=O)OCc2ccccc2)c1. The first-order valence-electron chi connectivity index (χ1n) is 8.34. The number of hydrogen-bond donors (Lipinski definition) is 3. The van der Waals surface area contributed by atoms with Crippen molar-refractivity contribution in [1.29, 1.82) is 0 Å². The van der Waals surface area contributed by atoms with Gasteiger partial charge >= 0.3 is 12.5 Å². The summed E-state index contributed by atoms with van der Waals surface area (Å²) < 4.78 is 45.9. The molecule has 0 aromatic heterocycles. The van der Waals surface area contributed by atoms with Gasteiger partial charge in [-0.1, -0.05) is 30.3 Å². The Labute approximate surface area is 163 Å². The molecule has 0 saturated heterocycles. The molecule has 0 aliphatic rings. The number of alkyl carbamates (subject to hydrolysis) is 1. The minimum Gasteiger partial charge on any atom is -0.445 e. The fraction of sp³-hybridized carbons (Fsp3) is 0.263. The smallest absolute Gasteiger partial charge is 0.445 e. The maximum Gasteiger partial charge on any atom is 0.573 e. The Hall–Kier alpha value is -3.11. The molecule has 2 unspecified atom stereocenters. The Bertz CT molecular complexity index is 828. The predicted molar refractivity (Wildman–Crippen MR) is 94.1 cm³/mol. The average molecular weight is 413 g/mol. The molecule has 2 aromatic rings. The van der Waals surface area contributed by atoms with Crippen LogP contribution in [0.4, 0.5) is 18.0 Å². The summed E-state index contributed by atoms with van der Waals surface area (Å²) in [6.45, 7) is -0.458. The van der Waals surface area contributed by atoms with Crippen LogP contribution in [0.25, 0.3) is 0 Å². The molecular weight excluding hydrogens is 395 g/mol. The molecule has 2 atom stereocenters. The number of aliphatic hydroxyl groups is 2. The zero-order valence-electron chi connectivity index (χ0n) is 14.9. The summed E-state index contributed by atoms with van der Waals surface area (Å²) in [6, 6.07) is 11.6. The number of carbonyl (C=O) groups excluding carboxylic acids is 2. The van der Waals surface area contributed by atoms with Crippen molar-refractivity contribution in [2.45, 2.75) is 25.2 Å². The summed E-state index contributed by atoms with van der Waals surface area (Å²) in [5.41, 5.74) is 0.357. The largest absolute Gasteiger partial charge is 0.573 e. The van der Waals surface area contributed by atoms with Crippen molar-refractivity contribution in [3.8, 4) is 5.75 Å². The van der Waals surface area contributed by atoms with Crippen molar-refractivity contribution in [3.05, 3.63) is 65.2 Å². The molecule has 0 radical (unpaired) electrons. The summed E-state index contributed by atoms with van der Waals surface area (Å²) in [5, 5.41) is 22.4. The number of ether oxygens (including phenoxy) is 2. The van der Waals surface area contributed by atoms with E-state index < -0.39 is 37.0 Å². The first-order valence-corrected chi connectivity index (χ1v) is 8.34. The highest BCUT2D eigenvalue weighted by atomic mass is 19.4. The van der Waals surface area contributed by atoms with Crippen LogP contribution in [0, 0.1) is 0 Å². The average Bonchev–Trinajstić information content (AvgIpc) is 2.69. The Morgan fingerprint density at radius 2 is 1.83 bits per heavy atom. The molecule has 0 heterocycles. The van der Waals surface area contributed by atoms with Gasteiger partial charge in [0.2, 0.25) is 0 Å². The molecule has 0 bridgehead atoms. The zero-order chi connectivity index (χ0) is 21.4. The number of nitrogens with one attached hydrogen (secondary N) is 1. The lowest BCUT2D eigenvalue weighted by molar-refractivity contribution is -0.274. The first kappa shape index (κ1) is 22.2. The number of amides is 1. The predicted octanol–water partition coefficient (Wildman–Crippen LogP) is 2.72. The number of alkyl halides is 3. The lowest BCUT2D eigenvalue weighted by atomic mass is 10.0. The van der Waals surface area contributed by atoms with Gasteiger partial charge in [0.15, 0.2) is 0 Å². The van der Waals surface area contributed by atoms with Crippen LogP contribution in [0.3, 0.4) is 0 Å². The van der Waals surface area contributed by atoms with E-state index in [1.54, 1.807) is 30.3 Å². The number of aldehydes is 1. The molecule has 2 rings (SSSR count). The third-order valence-electron chi connectivity index (χ3n) is 3.70.